The summed E-state index contributed by atoms with van der Waals surface area (Å²) in [6, 6.07) is 12.9. The first-order chi connectivity index (χ1) is 15.6. The van der Waals surface area contributed by atoms with Crippen LogP contribution < -0.4 is 11.1 Å². The number of nitrogen functional groups attached to an aromatic ring is 1. The number of rotatable bonds is 6. The Hall–Kier alpha value is -3.28. The van der Waals surface area contributed by atoms with E-state index in [2.05, 4.69) is 45.3 Å². The summed E-state index contributed by atoms with van der Waals surface area (Å²) in [6.07, 6.45) is 10.3. The maximum atomic E-state index is 5.85. The first-order valence-electron chi connectivity index (χ1n) is 11.6. The molecule has 0 radical (unpaired) electrons. The Morgan fingerprint density at radius 2 is 1.84 bits per heavy atom. The zero-order chi connectivity index (χ0) is 22.1. The molecular weight excluding hydrogens is 398 g/mol. The molecule has 0 saturated heterocycles. The van der Waals surface area contributed by atoms with Crippen LogP contribution in [-0.4, -0.2) is 20.6 Å². The van der Waals surface area contributed by atoms with Crippen LogP contribution in [0.3, 0.4) is 0 Å². The molecule has 6 nitrogen and oxygen atoms in total. The number of aromatic nitrogens is 3. The van der Waals surface area contributed by atoms with E-state index in [1.54, 1.807) is 0 Å². The SMILES string of the molecule is Cc1noc(C)c1-c1ccn2c(NC3CCCCC3)c(CCc3ccc(N)cc3)nc2c1. The summed E-state index contributed by atoms with van der Waals surface area (Å²) in [5.74, 6) is 1.97. The summed E-state index contributed by atoms with van der Waals surface area (Å²) in [5.41, 5.74) is 13.0. The summed E-state index contributed by atoms with van der Waals surface area (Å²) < 4.78 is 7.59. The maximum Gasteiger partial charge on any atom is 0.141 e. The molecule has 3 N–H and O–H groups in total. The average Bonchev–Trinajstić information content (AvgIpc) is 3.32. The molecule has 5 rings (SSSR count). The summed E-state index contributed by atoms with van der Waals surface area (Å²) in [6.45, 7) is 3.94. The lowest BCUT2D eigenvalue weighted by molar-refractivity contribution is 0.393. The number of pyridine rings is 1. The van der Waals surface area contributed by atoms with Gasteiger partial charge >= 0.3 is 0 Å². The van der Waals surface area contributed by atoms with Crippen molar-refractivity contribution >= 4 is 17.2 Å². The molecule has 0 bridgehead atoms. The van der Waals surface area contributed by atoms with Gasteiger partial charge in [0, 0.05) is 23.5 Å². The van der Waals surface area contributed by atoms with Crippen molar-refractivity contribution in [3.8, 4) is 11.1 Å². The van der Waals surface area contributed by atoms with Crippen molar-refractivity contribution in [1.82, 2.24) is 14.5 Å². The molecule has 0 unspecified atom stereocenters. The number of nitrogens with one attached hydrogen (secondary N) is 1. The van der Waals surface area contributed by atoms with E-state index in [-0.39, 0.29) is 0 Å². The number of aryl methyl sites for hydroxylation is 4. The molecule has 1 aliphatic rings. The van der Waals surface area contributed by atoms with Crippen LogP contribution in [0.25, 0.3) is 16.8 Å². The highest BCUT2D eigenvalue weighted by atomic mass is 16.5. The molecule has 0 spiro atoms. The Morgan fingerprint density at radius 1 is 1.06 bits per heavy atom. The Labute approximate surface area is 188 Å². The molecule has 1 saturated carbocycles. The molecule has 1 aliphatic carbocycles. The fourth-order valence-corrected chi connectivity index (χ4v) is 4.86. The molecule has 1 aromatic carbocycles. The lowest BCUT2D eigenvalue weighted by atomic mass is 9.95. The highest BCUT2D eigenvalue weighted by Gasteiger charge is 2.20. The minimum absolute atomic E-state index is 0.515. The first kappa shape index (κ1) is 20.6. The van der Waals surface area contributed by atoms with E-state index in [1.165, 1.54) is 37.7 Å². The van der Waals surface area contributed by atoms with Gasteiger partial charge in [0.25, 0.3) is 0 Å². The van der Waals surface area contributed by atoms with Crippen LogP contribution in [0.4, 0.5) is 11.5 Å². The van der Waals surface area contributed by atoms with Gasteiger partial charge in [-0.1, -0.05) is 36.6 Å². The Balaban J connectivity index is 1.50. The average molecular weight is 430 g/mol. The normalized spacial score (nSPS) is 14.8. The number of nitrogens with two attached hydrogens (primary N) is 1. The van der Waals surface area contributed by atoms with Crippen molar-refractivity contribution in [2.24, 2.45) is 0 Å². The Kier molecular flexibility index (Phi) is 5.60. The third kappa shape index (κ3) is 4.09. The predicted molar refractivity (Wildman–Crippen MR) is 129 cm³/mol. The van der Waals surface area contributed by atoms with Gasteiger partial charge in [0.2, 0.25) is 0 Å². The second-order valence-corrected chi connectivity index (χ2v) is 8.97. The smallest absolute Gasteiger partial charge is 0.141 e. The molecule has 3 heterocycles. The second-order valence-electron chi connectivity index (χ2n) is 8.97. The monoisotopic (exact) mass is 429 g/mol. The van der Waals surface area contributed by atoms with Crippen LogP contribution in [0, 0.1) is 13.8 Å². The van der Waals surface area contributed by atoms with Crippen LogP contribution in [0.1, 0.15) is 54.8 Å². The molecule has 0 aliphatic heterocycles. The second kappa shape index (κ2) is 8.69. The van der Waals surface area contributed by atoms with Crippen molar-refractivity contribution in [2.75, 3.05) is 11.1 Å². The van der Waals surface area contributed by atoms with E-state index >= 15 is 0 Å². The fourth-order valence-electron chi connectivity index (χ4n) is 4.86. The van der Waals surface area contributed by atoms with Gasteiger partial charge in [-0.2, -0.15) is 0 Å². The van der Waals surface area contributed by atoms with Crippen molar-refractivity contribution in [3.63, 3.8) is 0 Å². The van der Waals surface area contributed by atoms with E-state index in [9.17, 15) is 0 Å². The van der Waals surface area contributed by atoms with E-state index < -0.39 is 0 Å². The lowest BCUT2D eigenvalue weighted by Gasteiger charge is -2.24. The molecule has 166 valence electrons. The Bertz CT molecular complexity index is 1200. The zero-order valence-corrected chi connectivity index (χ0v) is 18.9. The molecular formula is C26H31N5O. The summed E-state index contributed by atoms with van der Waals surface area (Å²) >= 11 is 0. The quantitative estimate of drug-likeness (QED) is 0.383. The zero-order valence-electron chi connectivity index (χ0n) is 18.9. The highest BCUT2D eigenvalue weighted by molar-refractivity contribution is 5.72. The van der Waals surface area contributed by atoms with E-state index in [1.807, 2.05) is 26.0 Å². The van der Waals surface area contributed by atoms with Crippen LogP contribution in [0.5, 0.6) is 0 Å². The topological polar surface area (TPSA) is 81.4 Å². The summed E-state index contributed by atoms with van der Waals surface area (Å²) in [4.78, 5) is 5.07. The molecule has 4 aromatic rings. The van der Waals surface area contributed by atoms with Gasteiger partial charge in [-0.15, -0.1) is 0 Å². The van der Waals surface area contributed by atoms with Crippen LogP contribution >= 0.6 is 0 Å². The molecule has 1 fully saturated rings. The first-order valence-corrected chi connectivity index (χ1v) is 11.6. The van der Waals surface area contributed by atoms with Gasteiger partial charge in [0.05, 0.1) is 11.4 Å². The minimum Gasteiger partial charge on any atom is -0.399 e. The van der Waals surface area contributed by atoms with Crippen molar-refractivity contribution in [1.29, 1.82) is 0 Å². The third-order valence-corrected chi connectivity index (χ3v) is 6.60. The van der Waals surface area contributed by atoms with Gasteiger partial charge in [-0.25, -0.2) is 4.98 Å². The number of nitrogens with zero attached hydrogens (tertiary/aromatic N) is 3. The van der Waals surface area contributed by atoms with Crippen molar-refractivity contribution in [3.05, 3.63) is 65.3 Å². The van der Waals surface area contributed by atoms with E-state index in [0.717, 1.165) is 58.3 Å². The molecule has 0 amide bonds. The van der Waals surface area contributed by atoms with Gasteiger partial charge in [-0.3, -0.25) is 4.40 Å². The molecule has 0 atom stereocenters. The van der Waals surface area contributed by atoms with Gasteiger partial charge in [-0.05, 0) is 74.9 Å². The third-order valence-electron chi connectivity index (χ3n) is 6.60. The van der Waals surface area contributed by atoms with E-state index in [4.69, 9.17) is 15.2 Å². The van der Waals surface area contributed by atoms with Crippen molar-refractivity contribution < 1.29 is 4.52 Å². The summed E-state index contributed by atoms with van der Waals surface area (Å²) in [5, 5.41) is 7.96. The standard InChI is InChI=1S/C26H31N5O/c1-17-25(18(2)32-30-17)20-14-15-31-24(16-20)29-23(13-10-19-8-11-21(27)12-9-19)26(31)28-22-6-4-3-5-7-22/h8-9,11-12,14-16,22,28H,3-7,10,13,27H2,1-2H3. The predicted octanol–water partition coefficient (Wildman–Crippen LogP) is 5.72. The highest BCUT2D eigenvalue weighted by Crippen LogP contribution is 2.31. The van der Waals surface area contributed by atoms with Gasteiger partial charge in [0.15, 0.2) is 0 Å². The van der Waals surface area contributed by atoms with Gasteiger partial charge in [0.1, 0.15) is 17.2 Å². The number of hydrogen-bond donors (Lipinski definition) is 2. The van der Waals surface area contributed by atoms with Gasteiger partial charge < -0.3 is 15.6 Å². The van der Waals surface area contributed by atoms with Crippen molar-refractivity contribution in [2.45, 2.75) is 64.8 Å². The van der Waals surface area contributed by atoms with Crippen LogP contribution in [-0.2, 0) is 12.8 Å². The van der Waals surface area contributed by atoms with E-state index in [0.29, 0.717) is 6.04 Å². The molecule has 3 aromatic heterocycles. The molecule has 6 heteroatoms. The molecule has 32 heavy (non-hydrogen) atoms. The maximum absolute atomic E-state index is 5.85. The lowest BCUT2D eigenvalue weighted by Crippen LogP contribution is -2.23. The number of fused-ring (bicyclic) bond motifs is 1. The summed E-state index contributed by atoms with van der Waals surface area (Å²) in [7, 11) is 0. The number of imidazole rings is 1. The fraction of sp³-hybridized carbons (Fsp3) is 0.385. The number of benzene rings is 1. The van der Waals surface area contributed by atoms with Crippen LogP contribution in [0.15, 0.2) is 47.1 Å². The number of anilines is 2. The number of hydrogen-bond acceptors (Lipinski definition) is 5. The minimum atomic E-state index is 0.515. The Morgan fingerprint density at radius 3 is 2.56 bits per heavy atom. The largest absolute Gasteiger partial charge is 0.399 e. The van der Waals surface area contributed by atoms with Crippen LogP contribution in [0.2, 0.25) is 0 Å².